The van der Waals surface area contributed by atoms with Crippen molar-refractivity contribution in [2.45, 2.75) is 38.6 Å². The van der Waals surface area contributed by atoms with Crippen LogP contribution in [0.15, 0.2) is 18.2 Å². The predicted octanol–water partition coefficient (Wildman–Crippen LogP) is 2.94. The number of hydrogen-bond donors (Lipinski definition) is 2. The molecule has 2 N–H and O–H groups in total. The summed E-state index contributed by atoms with van der Waals surface area (Å²) in [6.45, 7) is 6.60. The molecule has 1 heterocycles. The molecule has 0 amide bonds. The van der Waals surface area contributed by atoms with Gasteiger partial charge in [0.25, 0.3) is 0 Å². The van der Waals surface area contributed by atoms with Crippen molar-refractivity contribution in [2.24, 2.45) is 0 Å². The Balaban J connectivity index is 2.18. The largest absolute Gasteiger partial charge is 0.487 e. The Morgan fingerprint density at radius 1 is 1.43 bits per heavy atom. The lowest BCUT2D eigenvalue weighted by Crippen LogP contribution is -2.45. The number of anilines is 1. The molecule has 0 bridgehead atoms. The fourth-order valence-electron chi connectivity index (χ4n) is 2.52. The molecule has 0 aliphatic carbocycles. The lowest BCUT2D eigenvalue weighted by molar-refractivity contribution is -0.385. The number of piperidine rings is 1. The van der Waals surface area contributed by atoms with E-state index in [2.05, 4.69) is 17.6 Å². The highest BCUT2D eigenvalue weighted by Crippen LogP contribution is 2.32. The summed E-state index contributed by atoms with van der Waals surface area (Å²) in [6.07, 6.45) is 2.86. The average Bonchev–Trinajstić information content (AvgIpc) is 2.45. The molecule has 0 atom stereocenters. The van der Waals surface area contributed by atoms with Crippen molar-refractivity contribution < 1.29 is 9.66 Å². The van der Waals surface area contributed by atoms with Gasteiger partial charge in [0.05, 0.1) is 11.5 Å². The molecule has 21 heavy (non-hydrogen) atoms. The quantitative estimate of drug-likeness (QED) is 0.623. The van der Waals surface area contributed by atoms with E-state index in [1.807, 2.05) is 6.92 Å². The van der Waals surface area contributed by atoms with E-state index in [0.717, 1.165) is 38.0 Å². The highest BCUT2D eigenvalue weighted by Gasteiger charge is 2.27. The number of benzene rings is 1. The second kappa shape index (κ2) is 6.76. The van der Waals surface area contributed by atoms with E-state index in [9.17, 15) is 10.1 Å². The Morgan fingerprint density at radius 3 is 2.76 bits per heavy atom. The van der Waals surface area contributed by atoms with Gasteiger partial charge in [-0.25, -0.2) is 0 Å². The van der Waals surface area contributed by atoms with E-state index in [1.165, 1.54) is 6.07 Å². The van der Waals surface area contributed by atoms with Crippen LogP contribution in [0.4, 0.5) is 11.4 Å². The van der Waals surface area contributed by atoms with Crippen molar-refractivity contribution >= 4 is 11.4 Å². The van der Waals surface area contributed by atoms with Crippen molar-refractivity contribution in [3.05, 3.63) is 28.3 Å². The van der Waals surface area contributed by atoms with E-state index < -0.39 is 4.92 Å². The Kier molecular flexibility index (Phi) is 5.01. The molecule has 1 aliphatic heterocycles. The molecule has 0 unspecified atom stereocenters. The Hall–Kier alpha value is -1.82. The summed E-state index contributed by atoms with van der Waals surface area (Å²) >= 11 is 0. The van der Waals surface area contributed by atoms with E-state index >= 15 is 0 Å². The maximum atomic E-state index is 11.0. The summed E-state index contributed by atoms with van der Waals surface area (Å²) in [7, 11) is 0. The fourth-order valence-corrected chi connectivity index (χ4v) is 2.52. The van der Waals surface area contributed by atoms with Gasteiger partial charge in [0.2, 0.25) is 0 Å². The summed E-state index contributed by atoms with van der Waals surface area (Å²) < 4.78 is 5.52. The first-order chi connectivity index (χ1) is 10.0. The number of nitro groups is 1. The second-order valence-corrected chi connectivity index (χ2v) is 5.72. The zero-order chi connectivity index (χ0) is 15.3. The van der Waals surface area contributed by atoms with E-state index in [0.29, 0.717) is 12.4 Å². The molecule has 0 radical (unpaired) electrons. The highest BCUT2D eigenvalue weighted by molar-refractivity contribution is 5.59. The topological polar surface area (TPSA) is 76.4 Å². The van der Waals surface area contributed by atoms with Gasteiger partial charge in [-0.15, -0.1) is 0 Å². The molecule has 6 nitrogen and oxygen atoms in total. The van der Waals surface area contributed by atoms with Crippen LogP contribution in [0.1, 0.15) is 33.1 Å². The van der Waals surface area contributed by atoms with Gasteiger partial charge in [-0.05, 0) is 45.3 Å². The molecule has 1 fully saturated rings. The minimum absolute atomic E-state index is 0.0173. The minimum Gasteiger partial charge on any atom is -0.487 e. The summed E-state index contributed by atoms with van der Waals surface area (Å²) in [6, 6.07) is 5.00. The minimum atomic E-state index is -0.402. The SMILES string of the molecule is CCCOc1cc(NC2(C)CCNCC2)ccc1[N+](=O)[O-]. The summed E-state index contributed by atoms with van der Waals surface area (Å²) in [5.41, 5.74) is 0.907. The van der Waals surface area contributed by atoms with Crippen LogP contribution in [-0.2, 0) is 0 Å². The summed E-state index contributed by atoms with van der Waals surface area (Å²) in [5, 5.41) is 17.9. The molecule has 2 rings (SSSR count). The van der Waals surface area contributed by atoms with Crippen LogP contribution in [0.3, 0.4) is 0 Å². The fraction of sp³-hybridized carbons (Fsp3) is 0.600. The summed E-state index contributed by atoms with van der Waals surface area (Å²) in [5.74, 6) is 0.337. The van der Waals surface area contributed by atoms with Crippen molar-refractivity contribution in [1.29, 1.82) is 0 Å². The molecule has 1 aromatic carbocycles. The highest BCUT2D eigenvalue weighted by atomic mass is 16.6. The van der Waals surface area contributed by atoms with Gasteiger partial charge in [-0.2, -0.15) is 0 Å². The molecule has 1 aromatic rings. The number of nitrogens with one attached hydrogen (secondary N) is 2. The predicted molar refractivity (Wildman–Crippen MR) is 83.0 cm³/mol. The standard InChI is InChI=1S/C15H23N3O3/c1-3-10-21-14-11-12(4-5-13(14)18(19)20)17-15(2)6-8-16-9-7-15/h4-5,11,16-17H,3,6-10H2,1-2H3. The zero-order valence-corrected chi connectivity index (χ0v) is 12.6. The van der Waals surface area contributed by atoms with Gasteiger partial charge >= 0.3 is 5.69 Å². The van der Waals surface area contributed by atoms with E-state index in [1.54, 1.807) is 12.1 Å². The molecular weight excluding hydrogens is 270 g/mol. The van der Waals surface area contributed by atoms with Crippen LogP contribution in [0.2, 0.25) is 0 Å². The maximum Gasteiger partial charge on any atom is 0.311 e. The average molecular weight is 293 g/mol. The Bertz CT molecular complexity index is 499. The molecule has 1 saturated heterocycles. The van der Waals surface area contributed by atoms with Gasteiger partial charge < -0.3 is 15.4 Å². The van der Waals surface area contributed by atoms with Gasteiger partial charge in [0, 0.05) is 23.4 Å². The first kappa shape index (κ1) is 15.6. The Morgan fingerprint density at radius 2 is 2.14 bits per heavy atom. The van der Waals surface area contributed by atoms with Crippen molar-refractivity contribution in [3.63, 3.8) is 0 Å². The van der Waals surface area contributed by atoms with Crippen LogP contribution < -0.4 is 15.4 Å². The lowest BCUT2D eigenvalue weighted by atomic mass is 9.90. The molecule has 116 valence electrons. The third kappa shape index (κ3) is 4.07. The molecule has 1 aliphatic rings. The van der Waals surface area contributed by atoms with Crippen molar-refractivity contribution in [2.75, 3.05) is 25.0 Å². The number of rotatable bonds is 6. The summed E-state index contributed by atoms with van der Waals surface area (Å²) in [4.78, 5) is 10.6. The first-order valence-corrected chi connectivity index (χ1v) is 7.44. The van der Waals surface area contributed by atoms with Gasteiger partial charge in [0.15, 0.2) is 5.75 Å². The van der Waals surface area contributed by atoms with E-state index in [4.69, 9.17) is 4.74 Å². The van der Waals surface area contributed by atoms with Crippen LogP contribution in [0.25, 0.3) is 0 Å². The van der Waals surface area contributed by atoms with Crippen molar-refractivity contribution in [3.8, 4) is 5.75 Å². The van der Waals surface area contributed by atoms with Crippen LogP contribution >= 0.6 is 0 Å². The van der Waals surface area contributed by atoms with E-state index in [-0.39, 0.29) is 11.2 Å². The van der Waals surface area contributed by atoms with Gasteiger partial charge in [0.1, 0.15) is 0 Å². The molecule has 0 spiro atoms. The number of ether oxygens (including phenoxy) is 1. The zero-order valence-electron chi connectivity index (χ0n) is 12.6. The molecule has 6 heteroatoms. The van der Waals surface area contributed by atoms with Gasteiger partial charge in [-0.1, -0.05) is 6.92 Å². The number of hydrogen-bond acceptors (Lipinski definition) is 5. The third-order valence-corrected chi connectivity index (χ3v) is 3.77. The third-order valence-electron chi connectivity index (χ3n) is 3.77. The smallest absolute Gasteiger partial charge is 0.311 e. The Labute approximate surface area is 125 Å². The number of nitrogens with zero attached hydrogens (tertiary/aromatic N) is 1. The lowest BCUT2D eigenvalue weighted by Gasteiger charge is -2.36. The van der Waals surface area contributed by atoms with Gasteiger partial charge in [-0.3, -0.25) is 10.1 Å². The van der Waals surface area contributed by atoms with Crippen LogP contribution in [0, 0.1) is 10.1 Å². The molecule has 0 saturated carbocycles. The molecular formula is C15H23N3O3. The maximum absolute atomic E-state index is 11.0. The normalized spacial score (nSPS) is 17.2. The molecule has 0 aromatic heterocycles. The monoisotopic (exact) mass is 293 g/mol. The number of nitro benzene ring substituents is 1. The van der Waals surface area contributed by atoms with Crippen molar-refractivity contribution in [1.82, 2.24) is 5.32 Å². The van der Waals surface area contributed by atoms with Crippen LogP contribution in [0.5, 0.6) is 5.75 Å². The second-order valence-electron chi connectivity index (χ2n) is 5.72. The van der Waals surface area contributed by atoms with Crippen LogP contribution in [-0.4, -0.2) is 30.2 Å². The first-order valence-electron chi connectivity index (χ1n) is 7.44.